The third-order valence-electron chi connectivity index (χ3n) is 0.533. The molecule has 0 aliphatic heterocycles. The molecule has 0 aromatic rings. The predicted molar refractivity (Wildman–Crippen MR) is 29.7 cm³/mol. The van der Waals surface area contributed by atoms with Crippen LogP contribution in [0.2, 0.25) is 0 Å². The molecular weight excluding hydrogens is 118 g/mol. The van der Waals surface area contributed by atoms with Crippen LogP contribution >= 0.6 is 0 Å². The van der Waals surface area contributed by atoms with Gasteiger partial charge in [0.05, 0.1) is 0 Å². The highest BCUT2D eigenvalue weighted by molar-refractivity contribution is 5.92. The van der Waals surface area contributed by atoms with Crippen molar-refractivity contribution in [1.29, 1.82) is 5.26 Å². The Balaban J connectivity index is 3.97. The van der Waals surface area contributed by atoms with Crippen LogP contribution in [0.1, 0.15) is 0 Å². The fraction of sp³-hybridized carbons (Fsp3) is 0. The number of terminal acetylenes is 1. The van der Waals surface area contributed by atoms with Gasteiger partial charge in [0.2, 0.25) is 0 Å². The lowest BCUT2D eigenvalue weighted by atomic mass is 10.3. The van der Waals surface area contributed by atoms with Gasteiger partial charge in [0.15, 0.2) is 0 Å². The number of hydrogen-bond acceptors (Lipinski definition) is 3. The van der Waals surface area contributed by atoms with Gasteiger partial charge >= 0.3 is 5.97 Å². The lowest BCUT2D eigenvalue weighted by molar-refractivity contribution is -0.131. The quantitative estimate of drug-likeness (QED) is 0.215. The SMILES string of the molecule is C#COC(=O)C(=C)C#N. The molecule has 3 nitrogen and oxygen atoms in total. The van der Waals surface area contributed by atoms with E-state index in [9.17, 15) is 4.79 Å². The number of nitrogens with zero attached hydrogens (tertiary/aromatic N) is 1. The molecule has 0 atom stereocenters. The van der Waals surface area contributed by atoms with E-state index in [2.05, 4.69) is 17.7 Å². The minimum absolute atomic E-state index is 0.298. The van der Waals surface area contributed by atoms with Crippen molar-refractivity contribution >= 4 is 5.97 Å². The van der Waals surface area contributed by atoms with Crippen molar-refractivity contribution in [2.24, 2.45) is 0 Å². The van der Waals surface area contributed by atoms with Crippen LogP contribution < -0.4 is 0 Å². The van der Waals surface area contributed by atoms with Crippen molar-refractivity contribution in [1.82, 2.24) is 0 Å². The van der Waals surface area contributed by atoms with Crippen LogP contribution in [0.3, 0.4) is 0 Å². The van der Waals surface area contributed by atoms with Crippen molar-refractivity contribution in [2.75, 3.05) is 0 Å². The Morgan fingerprint density at radius 1 is 1.78 bits per heavy atom. The molecule has 0 saturated heterocycles. The largest absolute Gasteiger partial charge is 0.368 e. The van der Waals surface area contributed by atoms with Gasteiger partial charge in [-0.3, -0.25) is 0 Å². The Kier molecular flexibility index (Phi) is 2.65. The third-order valence-corrected chi connectivity index (χ3v) is 0.533. The molecule has 0 saturated carbocycles. The number of nitriles is 1. The summed E-state index contributed by atoms with van der Waals surface area (Å²) < 4.78 is 3.96. The Hall–Kier alpha value is -1.74. The van der Waals surface area contributed by atoms with Crippen LogP contribution in [0.15, 0.2) is 12.2 Å². The molecule has 9 heavy (non-hydrogen) atoms. The summed E-state index contributed by atoms with van der Waals surface area (Å²) in [6.45, 7) is 3.06. The van der Waals surface area contributed by atoms with E-state index >= 15 is 0 Å². The zero-order valence-electron chi connectivity index (χ0n) is 4.55. The van der Waals surface area contributed by atoms with Crippen molar-refractivity contribution < 1.29 is 9.53 Å². The van der Waals surface area contributed by atoms with Crippen molar-refractivity contribution in [3.63, 3.8) is 0 Å². The van der Waals surface area contributed by atoms with Crippen molar-refractivity contribution in [2.45, 2.75) is 0 Å². The van der Waals surface area contributed by atoms with Gasteiger partial charge in [-0.25, -0.2) is 4.79 Å². The van der Waals surface area contributed by atoms with Crippen LogP contribution in [-0.4, -0.2) is 5.97 Å². The highest BCUT2D eigenvalue weighted by atomic mass is 16.5. The van der Waals surface area contributed by atoms with Crippen LogP contribution in [0, 0.1) is 23.9 Å². The molecule has 0 N–H and O–H groups in total. The van der Waals surface area contributed by atoms with Crippen LogP contribution in [0.25, 0.3) is 0 Å². The molecule has 0 radical (unpaired) electrons. The van der Waals surface area contributed by atoms with E-state index in [0.717, 1.165) is 0 Å². The Bertz CT molecular complexity index is 216. The third kappa shape index (κ3) is 2.16. The molecule has 0 amide bonds. The summed E-state index contributed by atoms with van der Waals surface area (Å²) in [7, 11) is 0. The lowest BCUT2D eigenvalue weighted by Gasteiger charge is -1.87. The monoisotopic (exact) mass is 121 g/mol. The molecule has 3 heteroatoms. The van der Waals surface area contributed by atoms with Crippen LogP contribution in [0.4, 0.5) is 0 Å². The zero-order valence-corrected chi connectivity index (χ0v) is 4.55. The van der Waals surface area contributed by atoms with Gasteiger partial charge in [-0.05, 0) is 0 Å². The molecule has 0 rings (SSSR count). The Labute approximate surface area is 52.5 Å². The first-order valence-electron chi connectivity index (χ1n) is 1.98. The molecular formula is C6H3NO2. The van der Waals surface area contributed by atoms with Crippen molar-refractivity contribution in [3.8, 4) is 18.6 Å². The van der Waals surface area contributed by atoms with Gasteiger partial charge in [-0.1, -0.05) is 13.0 Å². The summed E-state index contributed by atoms with van der Waals surface area (Å²) in [5.41, 5.74) is -0.298. The van der Waals surface area contributed by atoms with Gasteiger partial charge in [-0.2, -0.15) is 5.26 Å². The van der Waals surface area contributed by atoms with Crippen LogP contribution in [-0.2, 0) is 9.53 Å². The van der Waals surface area contributed by atoms with Crippen LogP contribution in [0.5, 0.6) is 0 Å². The first kappa shape index (κ1) is 7.26. The maximum atomic E-state index is 10.3. The molecule has 0 spiro atoms. The summed E-state index contributed by atoms with van der Waals surface area (Å²) in [5, 5.41) is 8.01. The number of rotatable bonds is 1. The zero-order chi connectivity index (χ0) is 7.28. The molecule has 0 bridgehead atoms. The van der Waals surface area contributed by atoms with Gasteiger partial charge in [0.1, 0.15) is 17.7 Å². The summed E-state index contributed by atoms with van der Waals surface area (Å²) in [6.07, 6.45) is 6.20. The molecule has 0 heterocycles. The maximum Gasteiger partial charge on any atom is 0.362 e. The summed E-state index contributed by atoms with van der Waals surface area (Å²) in [6, 6.07) is 1.48. The minimum atomic E-state index is -0.875. The summed E-state index contributed by atoms with van der Waals surface area (Å²) in [4.78, 5) is 10.3. The average molecular weight is 121 g/mol. The van der Waals surface area contributed by atoms with E-state index in [-0.39, 0.29) is 5.57 Å². The predicted octanol–water partition coefficient (Wildman–Crippen LogP) is 0.200. The topological polar surface area (TPSA) is 50.1 Å². The fourth-order valence-electron chi connectivity index (χ4n) is 0.161. The molecule has 44 valence electrons. The highest BCUT2D eigenvalue weighted by Crippen LogP contribution is 1.88. The number of ether oxygens (including phenoxy) is 1. The molecule has 0 aliphatic carbocycles. The van der Waals surface area contributed by atoms with E-state index in [1.54, 1.807) is 6.11 Å². The van der Waals surface area contributed by atoms with Gasteiger partial charge in [0.25, 0.3) is 0 Å². The number of esters is 1. The van der Waals surface area contributed by atoms with Gasteiger partial charge in [0, 0.05) is 0 Å². The first-order chi connectivity index (χ1) is 4.22. The minimum Gasteiger partial charge on any atom is -0.368 e. The van der Waals surface area contributed by atoms with Crippen molar-refractivity contribution in [3.05, 3.63) is 12.2 Å². The Morgan fingerprint density at radius 2 is 2.33 bits per heavy atom. The van der Waals surface area contributed by atoms with E-state index in [0.29, 0.717) is 0 Å². The molecule has 0 aromatic heterocycles. The lowest BCUT2D eigenvalue weighted by Crippen LogP contribution is -2.00. The number of carbonyl (C=O) groups is 1. The summed E-state index contributed by atoms with van der Waals surface area (Å²) in [5.74, 6) is -0.875. The highest BCUT2D eigenvalue weighted by Gasteiger charge is 2.04. The molecule has 0 unspecified atom stereocenters. The second kappa shape index (κ2) is 3.29. The normalized spacial score (nSPS) is 6.44. The standard InChI is InChI=1S/C6H3NO2/c1-3-9-6(8)5(2)4-7/h1H,2H2. The second-order valence-corrected chi connectivity index (χ2v) is 1.10. The number of hydrogen-bond donors (Lipinski definition) is 0. The molecule has 0 aliphatic rings. The van der Waals surface area contributed by atoms with Gasteiger partial charge < -0.3 is 4.74 Å². The molecule has 0 aromatic carbocycles. The smallest absolute Gasteiger partial charge is 0.362 e. The molecule has 0 fully saturated rings. The summed E-state index contributed by atoms with van der Waals surface area (Å²) >= 11 is 0. The van der Waals surface area contributed by atoms with E-state index in [1.165, 1.54) is 6.07 Å². The van der Waals surface area contributed by atoms with E-state index < -0.39 is 5.97 Å². The average Bonchev–Trinajstić information content (AvgIpc) is 1.87. The first-order valence-corrected chi connectivity index (χ1v) is 1.98. The van der Waals surface area contributed by atoms with Gasteiger partial charge in [-0.15, -0.1) is 0 Å². The maximum absolute atomic E-state index is 10.3. The fourth-order valence-corrected chi connectivity index (χ4v) is 0.161. The van der Waals surface area contributed by atoms with E-state index in [1.807, 2.05) is 0 Å². The Morgan fingerprint density at radius 3 is 2.67 bits per heavy atom. The van der Waals surface area contributed by atoms with E-state index in [4.69, 9.17) is 5.26 Å². The number of carbonyl (C=O) groups excluding carboxylic acids is 1. The second-order valence-electron chi connectivity index (χ2n) is 1.10.